The number of nitrogens with one attached hydrogen (secondary N) is 1. The topological polar surface area (TPSA) is 94.2 Å². The van der Waals surface area contributed by atoms with Gasteiger partial charge in [0.05, 0.1) is 12.8 Å². The smallest absolute Gasteiger partial charge is 0.265 e. The second kappa shape index (κ2) is 8.67. The van der Waals surface area contributed by atoms with Crippen molar-refractivity contribution >= 4 is 23.3 Å². The number of amides is 2. The summed E-state index contributed by atoms with van der Waals surface area (Å²) in [5, 5.41) is 2.92. The summed E-state index contributed by atoms with van der Waals surface area (Å²) in [7, 11) is 1.53. The van der Waals surface area contributed by atoms with Crippen LogP contribution in [0.1, 0.15) is 30.1 Å². The molecular weight excluding hydrogens is 400 g/mol. The van der Waals surface area contributed by atoms with Gasteiger partial charge in [-0.1, -0.05) is 12.1 Å². The van der Waals surface area contributed by atoms with E-state index in [-0.39, 0.29) is 36.9 Å². The van der Waals surface area contributed by atoms with Crippen LogP contribution in [0.5, 0.6) is 17.2 Å². The third kappa shape index (κ3) is 4.47. The van der Waals surface area contributed by atoms with Crippen molar-refractivity contribution in [3.63, 3.8) is 0 Å². The number of hydrogen-bond acceptors (Lipinski definition) is 6. The van der Waals surface area contributed by atoms with E-state index in [9.17, 15) is 14.4 Å². The molecule has 1 atom stereocenters. The van der Waals surface area contributed by atoms with Crippen molar-refractivity contribution in [2.24, 2.45) is 0 Å². The predicted molar refractivity (Wildman–Crippen MR) is 113 cm³/mol. The van der Waals surface area contributed by atoms with Crippen LogP contribution < -0.4 is 24.4 Å². The molecule has 0 bridgehead atoms. The van der Waals surface area contributed by atoms with E-state index in [2.05, 4.69) is 5.32 Å². The van der Waals surface area contributed by atoms with Crippen LogP contribution in [0.3, 0.4) is 0 Å². The van der Waals surface area contributed by atoms with Gasteiger partial charge >= 0.3 is 0 Å². The second-order valence-electron chi connectivity index (χ2n) is 7.56. The van der Waals surface area contributed by atoms with Gasteiger partial charge in [0, 0.05) is 11.6 Å². The molecule has 0 aromatic heterocycles. The fourth-order valence-corrected chi connectivity index (χ4v) is 3.40. The van der Waals surface area contributed by atoms with Gasteiger partial charge in [-0.3, -0.25) is 19.3 Å². The van der Waals surface area contributed by atoms with E-state index in [1.54, 1.807) is 43.3 Å². The van der Waals surface area contributed by atoms with Crippen LogP contribution in [0, 0.1) is 0 Å². The van der Waals surface area contributed by atoms with Crippen LogP contribution in [-0.4, -0.2) is 50.0 Å². The number of methoxy groups -OCH3 is 1. The molecule has 162 valence electrons. The molecule has 8 heteroatoms. The molecule has 1 aliphatic carbocycles. The Morgan fingerprint density at radius 1 is 1.19 bits per heavy atom. The van der Waals surface area contributed by atoms with Gasteiger partial charge < -0.3 is 19.5 Å². The van der Waals surface area contributed by atoms with Crippen LogP contribution in [0.25, 0.3) is 0 Å². The monoisotopic (exact) mass is 424 g/mol. The van der Waals surface area contributed by atoms with E-state index < -0.39 is 6.04 Å². The minimum absolute atomic E-state index is 0.155. The maximum Gasteiger partial charge on any atom is 0.265 e. The van der Waals surface area contributed by atoms with E-state index in [0.29, 0.717) is 28.5 Å². The van der Waals surface area contributed by atoms with Crippen LogP contribution in [0.2, 0.25) is 0 Å². The predicted octanol–water partition coefficient (Wildman–Crippen LogP) is 2.35. The van der Waals surface area contributed by atoms with Gasteiger partial charge in [0.2, 0.25) is 5.91 Å². The highest BCUT2D eigenvalue weighted by atomic mass is 16.5. The van der Waals surface area contributed by atoms with Gasteiger partial charge in [-0.2, -0.15) is 0 Å². The Kier molecular flexibility index (Phi) is 5.79. The Morgan fingerprint density at radius 3 is 2.65 bits per heavy atom. The van der Waals surface area contributed by atoms with Gasteiger partial charge in [-0.05, 0) is 50.1 Å². The van der Waals surface area contributed by atoms with Gasteiger partial charge in [0.15, 0.2) is 30.5 Å². The van der Waals surface area contributed by atoms with Crippen LogP contribution in [0.15, 0.2) is 42.5 Å². The third-order valence-corrected chi connectivity index (χ3v) is 5.28. The summed E-state index contributed by atoms with van der Waals surface area (Å²) >= 11 is 0. The van der Waals surface area contributed by atoms with Gasteiger partial charge in [0.1, 0.15) is 11.8 Å². The first-order valence-electron chi connectivity index (χ1n) is 10.2. The lowest BCUT2D eigenvalue weighted by Gasteiger charge is -2.33. The number of rotatable bonds is 8. The highest BCUT2D eigenvalue weighted by molar-refractivity contribution is 6.06. The Balaban J connectivity index is 1.53. The van der Waals surface area contributed by atoms with Gasteiger partial charge in [0.25, 0.3) is 5.91 Å². The number of carbonyl (C=O) groups excluding carboxylic acids is 3. The fourth-order valence-electron chi connectivity index (χ4n) is 3.40. The van der Waals surface area contributed by atoms with Crippen molar-refractivity contribution in [1.82, 2.24) is 5.32 Å². The Bertz CT molecular complexity index is 1020. The van der Waals surface area contributed by atoms with Crippen molar-refractivity contribution < 1.29 is 28.6 Å². The molecule has 0 saturated heterocycles. The van der Waals surface area contributed by atoms with Crippen molar-refractivity contribution in [3.8, 4) is 17.2 Å². The third-order valence-electron chi connectivity index (χ3n) is 5.28. The molecule has 2 amide bonds. The zero-order chi connectivity index (χ0) is 22.0. The first-order chi connectivity index (χ1) is 15.0. The SMILES string of the molecule is COc1ccccc1OCC(=O)c1ccc2c(c1)N([C@H](C)C(=O)NC1CC1)C(=O)CO2. The minimum atomic E-state index is -0.717. The quantitative estimate of drug-likeness (QED) is 0.654. The minimum Gasteiger partial charge on any atom is -0.493 e. The first kappa shape index (κ1) is 20.7. The lowest BCUT2D eigenvalue weighted by molar-refractivity contribution is -0.127. The highest BCUT2D eigenvalue weighted by Crippen LogP contribution is 2.35. The number of anilines is 1. The number of para-hydroxylation sites is 2. The maximum atomic E-state index is 12.8. The summed E-state index contributed by atoms with van der Waals surface area (Å²) in [6, 6.07) is 11.4. The van der Waals surface area contributed by atoms with E-state index >= 15 is 0 Å². The largest absolute Gasteiger partial charge is 0.493 e. The van der Waals surface area contributed by atoms with E-state index in [1.165, 1.54) is 12.0 Å². The highest BCUT2D eigenvalue weighted by Gasteiger charge is 2.35. The summed E-state index contributed by atoms with van der Waals surface area (Å²) in [6.07, 6.45) is 1.91. The lowest BCUT2D eigenvalue weighted by Crippen LogP contribution is -2.51. The number of Topliss-reactive ketones (excluding diaryl/α,β-unsaturated/α-hetero) is 1. The number of carbonyl (C=O) groups is 3. The molecule has 1 saturated carbocycles. The number of hydrogen-bond donors (Lipinski definition) is 1. The average Bonchev–Trinajstić information content (AvgIpc) is 3.60. The molecule has 31 heavy (non-hydrogen) atoms. The molecule has 1 heterocycles. The molecule has 1 N–H and O–H groups in total. The number of fused-ring (bicyclic) bond motifs is 1. The molecule has 0 radical (unpaired) electrons. The molecule has 0 spiro atoms. The molecule has 4 rings (SSSR count). The van der Waals surface area contributed by atoms with E-state index in [0.717, 1.165) is 12.8 Å². The molecule has 2 aromatic carbocycles. The number of benzene rings is 2. The molecule has 2 aliphatic rings. The first-order valence-corrected chi connectivity index (χ1v) is 10.2. The molecule has 1 fully saturated rings. The Labute approximate surface area is 180 Å². The average molecular weight is 424 g/mol. The van der Waals surface area contributed by atoms with Crippen LogP contribution >= 0.6 is 0 Å². The van der Waals surface area contributed by atoms with Crippen molar-refractivity contribution in [3.05, 3.63) is 48.0 Å². The molecule has 0 unspecified atom stereocenters. The summed E-state index contributed by atoms with van der Waals surface area (Å²) in [6.45, 7) is 1.31. The van der Waals surface area contributed by atoms with Crippen LogP contribution in [-0.2, 0) is 9.59 Å². The molecule has 1 aliphatic heterocycles. The van der Waals surface area contributed by atoms with E-state index in [4.69, 9.17) is 14.2 Å². The fraction of sp³-hybridized carbons (Fsp3) is 0.348. The number of ketones is 1. The summed E-state index contributed by atoms with van der Waals surface area (Å²) < 4.78 is 16.4. The molecule has 2 aromatic rings. The van der Waals surface area contributed by atoms with Crippen molar-refractivity contribution in [2.75, 3.05) is 25.2 Å². The lowest BCUT2D eigenvalue weighted by atomic mass is 10.1. The zero-order valence-electron chi connectivity index (χ0n) is 17.4. The van der Waals surface area contributed by atoms with Gasteiger partial charge in [-0.25, -0.2) is 0 Å². The van der Waals surface area contributed by atoms with E-state index in [1.807, 2.05) is 6.07 Å². The second-order valence-corrected chi connectivity index (χ2v) is 7.56. The standard InChI is InChI=1S/C23H24N2O6/c1-14(23(28)24-16-8-9-16)25-17-11-15(7-10-19(17)31-13-22(25)27)18(26)12-30-21-6-4-3-5-20(21)29-2/h3-7,10-11,14,16H,8-9,12-13H2,1-2H3,(H,24,28)/t14-/m1/s1. The van der Waals surface area contributed by atoms with Gasteiger partial charge in [-0.15, -0.1) is 0 Å². The number of nitrogens with zero attached hydrogens (tertiary/aromatic N) is 1. The Hall–Kier alpha value is -3.55. The normalized spacial score (nSPS) is 16.1. The number of ether oxygens (including phenoxy) is 3. The maximum absolute atomic E-state index is 12.8. The molecular formula is C23H24N2O6. The molecule has 8 nitrogen and oxygen atoms in total. The van der Waals surface area contributed by atoms with Crippen LogP contribution in [0.4, 0.5) is 5.69 Å². The summed E-state index contributed by atoms with van der Waals surface area (Å²) in [5.41, 5.74) is 0.754. The zero-order valence-corrected chi connectivity index (χ0v) is 17.4. The Morgan fingerprint density at radius 2 is 1.94 bits per heavy atom. The van der Waals surface area contributed by atoms with Crippen molar-refractivity contribution in [2.45, 2.75) is 31.8 Å². The van der Waals surface area contributed by atoms with Crippen molar-refractivity contribution in [1.29, 1.82) is 0 Å². The summed E-state index contributed by atoms with van der Waals surface area (Å²) in [4.78, 5) is 39.3. The summed E-state index contributed by atoms with van der Waals surface area (Å²) in [5.74, 6) is 0.610.